The Morgan fingerprint density at radius 2 is 1.75 bits per heavy atom. The van der Waals surface area contributed by atoms with Crippen LogP contribution in [0.1, 0.15) is 12.5 Å². The monoisotopic (exact) mass is 366 g/mol. The van der Waals surface area contributed by atoms with Crippen LogP contribution in [-0.4, -0.2) is 18.9 Å². The van der Waals surface area contributed by atoms with Gasteiger partial charge in [-0.1, -0.05) is 29.3 Å². The van der Waals surface area contributed by atoms with E-state index in [0.29, 0.717) is 32.7 Å². The highest BCUT2D eigenvalue weighted by Crippen LogP contribution is 2.29. The Kier molecular flexibility index (Phi) is 6.06. The van der Waals surface area contributed by atoms with Crippen LogP contribution in [0, 0.1) is 0 Å². The number of carbonyl (C=O) groups excluding carboxylic acids is 2. The predicted octanol–water partition coefficient (Wildman–Crippen LogP) is 4.14. The number of hydrogen-bond acceptors (Lipinski definition) is 3. The number of anilines is 2. The van der Waals surface area contributed by atoms with Gasteiger partial charge in [-0.2, -0.15) is 0 Å². The standard InChI is InChI=1S/C17H16Cl2N2O3/c1-10(22)20-11-6-7-16(24-2)15(8-11)21-17(23)9-12-13(18)4-3-5-14(12)19/h3-8H,9H2,1-2H3,(H,20,22)(H,21,23). The summed E-state index contributed by atoms with van der Waals surface area (Å²) in [6.45, 7) is 1.40. The van der Waals surface area contributed by atoms with Crippen molar-refractivity contribution in [1.29, 1.82) is 0 Å². The van der Waals surface area contributed by atoms with Gasteiger partial charge in [0.15, 0.2) is 0 Å². The number of nitrogens with one attached hydrogen (secondary N) is 2. The molecular formula is C17H16Cl2N2O3. The van der Waals surface area contributed by atoms with E-state index >= 15 is 0 Å². The Balaban J connectivity index is 2.20. The van der Waals surface area contributed by atoms with Gasteiger partial charge >= 0.3 is 0 Å². The van der Waals surface area contributed by atoms with Crippen molar-refractivity contribution in [3.8, 4) is 5.75 Å². The minimum Gasteiger partial charge on any atom is -0.495 e. The van der Waals surface area contributed by atoms with Gasteiger partial charge in [-0.3, -0.25) is 9.59 Å². The van der Waals surface area contributed by atoms with Gasteiger partial charge in [-0.15, -0.1) is 0 Å². The Bertz CT molecular complexity index is 758. The van der Waals surface area contributed by atoms with Crippen LogP contribution in [0.3, 0.4) is 0 Å². The first-order valence-corrected chi connectivity index (χ1v) is 7.84. The SMILES string of the molecule is COc1ccc(NC(C)=O)cc1NC(=O)Cc1c(Cl)cccc1Cl. The van der Waals surface area contributed by atoms with E-state index < -0.39 is 0 Å². The fourth-order valence-electron chi connectivity index (χ4n) is 2.14. The highest BCUT2D eigenvalue weighted by molar-refractivity contribution is 6.36. The lowest BCUT2D eigenvalue weighted by atomic mass is 10.1. The van der Waals surface area contributed by atoms with E-state index in [0.717, 1.165) is 0 Å². The zero-order valence-corrected chi connectivity index (χ0v) is 14.7. The molecule has 7 heteroatoms. The molecule has 126 valence electrons. The normalized spacial score (nSPS) is 10.2. The van der Waals surface area contributed by atoms with Gasteiger partial charge < -0.3 is 15.4 Å². The van der Waals surface area contributed by atoms with Crippen molar-refractivity contribution >= 4 is 46.4 Å². The van der Waals surface area contributed by atoms with Gasteiger partial charge in [0, 0.05) is 22.7 Å². The summed E-state index contributed by atoms with van der Waals surface area (Å²) in [6, 6.07) is 10.0. The molecular weight excluding hydrogens is 351 g/mol. The summed E-state index contributed by atoms with van der Waals surface area (Å²) in [6.07, 6.45) is 0.0199. The van der Waals surface area contributed by atoms with E-state index in [1.54, 1.807) is 36.4 Å². The largest absolute Gasteiger partial charge is 0.495 e. The Hall–Kier alpha value is -2.24. The molecule has 0 aliphatic carbocycles. The second-order valence-electron chi connectivity index (χ2n) is 5.02. The summed E-state index contributed by atoms with van der Waals surface area (Å²) < 4.78 is 5.22. The van der Waals surface area contributed by atoms with Crippen LogP contribution in [0.4, 0.5) is 11.4 Å². The minimum atomic E-state index is -0.303. The fourth-order valence-corrected chi connectivity index (χ4v) is 2.67. The topological polar surface area (TPSA) is 67.4 Å². The molecule has 2 amide bonds. The summed E-state index contributed by atoms with van der Waals surface area (Å²) >= 11 is 12.2. The maximum Gasteiger partial charge on any atom is 0.229 e. The first-order chi connectivity index (χ1) is 11.4. The van der Waals surface area contributed by atoms with Crippen LogP contribution in [0.5, 0.6) is 5.75 Å². The molecule has 0 atom stereocenters. The quantitative estimate of drug-likeness (QED) is 0.835. The van der Waals surface area contributed by atoms with Gasteiger partial charge in [0.25, 0.3) is 0 Å². The second kappa shape index (κ2) is 8.04. The third-order valence-corrected chi connectivity index (χ3v) is 3.90. The zero-order valence-electron chi connectivity index (χ0n) is 13.2. The van der Waals surface area contributed by atoms with Crippen molar-refractivity contribution < 1.29 is 14.3 Å². The number of rotatable bonds is 5. The maximum absolute atomic E-state index is 12.3. The molecule has 0 bridgehead atoms. The van der Waals surface area contributed by atoms with Crippen LogP contribution < -0.4 is 15.4 Å². The molecule has 0 spiro atoms. The van der Waals surface area contributed by atoms with Gasteiger partial charge in [0.2, 0.25) is 11.8 Å². The highest BCUT2D eigenvalue weighted by Gasteiger charge is 2.13. The van der Waals surface area contributed by atoms with Crippen molar-refractivity contribution in [3.63, 3.8) is 0 Å². The van der Waals surface area contributed by atoms with E-state index in [-0.39, 0.29) is 18.2 Å². The molecule has 0 aromatic heterocycles. The summed E-state index contributed by atoms with van der Waals surface area (Å²) in [5.74, 6) is -0.0359. The van der Waals surface area contributed by atoms with Crippen LogP contribution >= 0.6 is 23.2 Å². The van der Waals surface area contributed by atoms with Gasteiger partial charge in [-0.25, -0.2) is 0 Å². The van der Waals surface area contributed by atoms with Crippen molar-refractivity contribution in [2.24, 2.45) is 0 Å². The Labute approximate surface area is 149 Å². The van der Waals surface area contributed by atoms with E-state index in [1.165, 1.54) is 14.0 Å². The molecule has 0 saturated carbocycles. The predicted molar refractivity (Wildman–Crippen MR) is 96.1 cm³/mol. The average Bonchev–Trinajstić information content (AvgIpc) is 2.51. The van der Waals surface area contributed by atoms with Gasteiger partial charge in [0.05, 0.1) is 19.2 Å². The van der Waals surface area contributed by atoms with E-state index in [1.807, 2.05) is 0 Å². The molecule has 0 aliphatic heterocycles. The smallest absolute Gasteiger partial charge is 0.229 e. The van der Waals surface area contributed by atoms with Crippen molar-refractivity contribution in [3.05, 3.63) is 52.0 Å². The summed E-state index contributed by atoms with van der Waals surface area (Å²) in [7, 11) is 1.49. The fraction of sp³-hybridized carbons (Fsp3) is 0.176. The number of hydrogen-bond donors (Lipinski definition) is 2. The van der Waals surface area contributed by atoms with Crippen molar-refractivity contribution in [2.45, 2.75) is 13.3 Å². The highest BCUT2D eigenvalue weighted by atomic mass is 35.5. The maximum atomic E-state index is 12.3. The van der Waals surface area contributed by atoms with Crippen LogP contribution in [-0.2, 0) is 16.0 Å². The number of benzene rings is 2. The first kappa shape index (κ1) is 18.1. The number of methoxy groups -OCH3 is 1. The Morgan fingerprint density at radius 1 is 1.08 bits per heavy atom. The lowest BCUT2D eigenvalue weighted by molar-refractivity contribution is -0.116. The molecule has 0 fully saturated rings. The summed E-state index contributed by atoms with van der Waals surface area (Å²) in [5, 5.41) is 6.25. The molecule has 2 N–H and O–H groups in total. The summed E-state index contributed by atoms with van der Waals surface area (Å²) in [5.41, 5.74) is 1.54. The van der Waals surface area contributed by atoms with E-state index in [2.05, 4.69) is 10.6 Å². The number of halogens is 2. The number of ether oxygens (including phenoxy) is 1. The molecule has 2 rings (SSSR count). The second-order valence-corrected chi connectivity index (χ2v) is 5.84. The lowest BCUT2D eigenvalue weighted by Crippen LogP contribution is -2.16. The van der Waals surface area contributed by atoms with Crippen LogP contribution in [0.25, 0.3) is 0 Å². The third kappa shape index (κ3) is 4.63. The molecule has 0 unspecified atom stereocenters. The minimum absolute atomic E-state index is 0.0199. The average molecular weight is 367 g/mol. The van der Waals surface area contributed by atoms with E-state index in [4.69, 9.17) is 27.9 Å². The van der Waals surface area contributed by atoms with Gasteiger partial charge in [-0.05, 0) is 35.9 Å². The van der Waals surface area contributed by atoms with Crippen LogP contribution in [0.15, 0.2) is 36.4 Å². The van der Waals surface area contributed by atoms with E-state index in [9.17, 15) is 9.59 Å². The molecule has 0 saturated heterocycles. The molecule has 0 radical (unpaired) electrons. The molecule has 2 aromatic rings. The van der Waals surface area contributed by atoms with Crippen molar-refractivity contribution in [2.75, 3.05) is 17.7 Å². The molecule has 2 aromatic carbocycles. The number of carbonyl (C=O) groups is 2. The zero-order chi connectivity index (χ0) is 17.7. The van der Waals surface area contributed by atoms with Gasteiger partial charge in [0.1, 0.15) is 5.75 Å². The Morgan fingerprint density at radius 3 is 2.33 bits per heavy atom. The molecule has 5 nitrogen and oxygen atoms in total. The molecule has 24 heavy (non-hydrogen) atoms. The van der Waals surface area contributed by atoms with Crippen molar-refractivity contribution in [1.82, 2.24) is 0 Å². The molecule has 0 heterocycles. The van der Waals surface area contributed by atoms with Crippen LogP contribution in [0.2, 0.25) is 10.0 Å². The lowest BCUT2D eigenvalue weighted by Gasteiger charge is -2.13. The first-order valence-electron chi connectivity index (χ1n) is 7.09. The molecule has 0 aliphatic rings. The third-order valence-electron chi connectivity index (χ3n) is 3.19. The summed E-state index contributed by atoms with van der Waals surface area (Å²) in [4.78, 5) is 23.5. The number of amides is 2.